The third-order valence-electron chi connectivity index (χ3n) is 3.32. The number of nitrogens with one attached hydrogen (secondary N) is 1. The van der Waals surface area contributed by atoms with Gasteiger partial charge in [-0.2, -0.15) is 0 Å². The van der Waals surface area contributed by atoms with Crippen molar-refractivity contribution in [2.24, 2.45) is 7.05 Å². The van der Waals surface area contributed by atoms with E-state index in [-0.39, 0.29) is 12.5 Å². The van der Waals surface area contributed by atoms with Crippen LogP contribution in [0.1, 0.15) is 21.7 Å². The number of pyridine rings is 1. The minimum absolute atomic E-state index is 0.216. The molecule has 2 heterocycles. The molecular formula is C16H16N6O2. The second-order valence-corrected chi connectivity index (χ2v) is 5.21. The lowest BCUT2D eigenvalue weighted by Crippen LogP contribution is -2.13. The van der Waals surface area contributed by atoms with Crippen LogP contribution in [0.4, 0.5) is 5.82 Å². The molecular weight excluding hydrogens is 308 g/mol. The Morgan fingerprint density at radius 3 is 2.88 bits per heavy atom. The van der Waals surface area contributed by atoms with E-state index in [1.807, 2.05) is 13.0 Å². The van der Waals surface area contributed by atoms with E-state index in [4.69, 9.17) is 4.74 Å². The standard InChI is InChI=1S/C16H16N6O2/c1-11-6-7-14(17-9-11)18-16(23)12-4-3-5-13(8-12)24-10-15-19-20-21-22(15)2/h3-9H,10H2,1-2H3,(H,17,18,23). The first-order valence-corrected chi connectivity index (χ1v) is 7.30. The molecule has 0 spiro atoms. The molecule has 2 aromatic heterocycles. The summed E-state index contributed by atoms with van der Waals surface area (Å²) in [5.41, 5.74) is 1.51. The fourth-order valence-corrected chi connectivity index (χ4v) is 1.98. The lowest BCUT2D eigenvalue weighted by molar-refractivity contribution is 0.102. The van der Waals surface area contributed by atoms with Crippen molar-refractivity contribution in [3.05, 3.63) is 59.5 Å². The zero-order chi connectivity index (χ0) is 16.9. The van der Waals surface area contributed by atoms with Crippen molar-refractivity contribution in [1.82, 2.24) is 25.2 Å². The van der Waals surface area contributed by atoms with Crippen LogP contribution in [0.25, 0.3) is 0 Å². The molecule has 0 atom stereocenters. The van der Waals surface area contributed by atoms with Crippen LogP contribution in [-0.2, 0) is 13.7 Å². The van der Waals surface area contributed by atoms with Crippen LogP contribution in [-0.4, -0.2) is 31.1 Å². The molecule has 1 aromatic carbocycles. The van der Waals surface area contributed by atoms with E-state index in [1.165, 1.54) is 4.68 Å². The fraction of sp³-hybridized carbons (Fsp3) is 0.188. The maximum Gasteiger partial charge on any atom is 0.256 e. The summed E-state index contributed by atoms with van der Waals surface area (Å²) < 4.78 is 7.16. The van der Waals surface area contributed by atoms with Crippen LogP contribution < -0.4 is 10.1 Å². The van der Waals surface area contributed by atoms with Crippen molar-refractivity contribution >= 4 is 11.7 Å². The van der Waals surface area contributed by atoms with Crippen LogP contribution in [0.15, 0.2) is 42.6 Å². The molecule has 0 saturated carbocycles. The summed E-state index contributed by atoms with van der Waals surface area (Å²) in [6.07, 6.45) is 1.70. The highest BCUT2D eigenvalue weighted by atomic mass is 16.5. The molecule has 0 fully saturated rings. The SMILES string of the molecule is Cc1ccc(NC(=O)c2cccc(OCc3nnnn3C)c2)nc1. The van der Waals surface area contributed by atoms with E-state index in [0.717, 1.165) is 5.56 Å². The van der Waals surface area contributed by atoms with Gasteiger partial charge in [0.2, 0.25) is 0 Å². The second kappa shape index (κ2) is 6.86. The number of carbonyl (C=O) groups excluding carboxylic acids is 1. The molecule has 0 aliphatic carbocycles. The molecule has 0 aliphatic heterocycles. The van der Waals surface area contributed by atoms with Gasteiger partial charge in [0.1, 0.15) is 18.2 Å². The van der Waals surface area contributed by atoms with Crippen molar-refractivity contribution in [1.29, 1.82) is 0 Å². The highest BCUT2D eigenvalue weighted by Crippen LogP contribution is 2.16. The quantitative estimate of drug-likeness (QED) is 0.768. The number of tetrazole rings is 1. The number of ether oxygens (including phenoxy) is 1. The number of nitrogens with zero attached hydrogens (tertiary/aromatic N) is 5. The number of rotatable bonds is 5. The van der Waals surface area contributed by atoms with E-state index < -0.39 is 0 Å². The molecule has 0 saturated heterocycles. The molecule has 0 radical (unpaired) electrons. The zero-order valence-corrected chi connectivity index (χ0v) is 13.3. The lowest BCUT2D eigenvalue weighted by Gasteiger charge is -2.08. The molecule has 3 rings (SSSR count). The monoisotopic (exact) mass is 324 g/mol. The maximum atomic E-state index is 12.3. The largest absolute Gasteiger partial charge is 0.486 e. The molecule has 0 unspecified atom stereocenters. The summed E-state index contributed by atoms with van der Waals surface area (Å²) in [5.74, 6) is 1.40. The molecule has 1 amide bonds. The molecule has 1 N–H and O–H groups in total. The minimum Gasteiger partial charge on any atom is -0.486 e. The van der Waals surface area contributed by atoms with Crippen LogP contribution in [0.5, 0.6) is 5.75 Å². The lowest BCUT2D eigenvalue weighted by atomic mass is 10.2. The molecule has 3 aromatic rings. The highest BCUT2D eigenvalue weighted by Gasteiger charge is 2.09. The Labute approximate surface area is 138 Å². The zero-order valence-electron chi connectivity index (χ0n) is 13.3. The van der Waals surface area contributed by atoms with Crippen LogP contribution in [0.2, 0.25) is 0 Å². The predicted molar refractivity (Wildman–Crippen MR) is 86.5 cm³/mol. The van der Waals surface area contributed by atoms with Gasteiger partial charge >= 0.3 is 0 Å². The van der Waals surface area contributed by atoms with Gasteiger partial charge < -0.3 is 10.1 Å². The normalized spacial score (nSPS) is 10.4. The van der Waals surface area contributed by atoms with Crippen LogP contribution in [0.3, 0.4) is 0 Å². The van der Waals surface area contributed by atoms with Gasteiger partial charge in [-0.1, -0.05) is 12.1 Å². The number of amides is 1. The van der Waals surface area contributed by atoms with Gasteiger partial charge in [-0.05, 0) is 47.2 Å². The molecule has 8 heteroatoms. The van der Waals surface area contributed by atoms with Crippen molar-refractivity contribution in [3.8, 4) is 5.75 Å². The molecule has 122 valence electrons. The minimum atomic E-state index is -0.253. The second-order valence-electron chi connectivity index (χ2n) is 5.21. The Kier molecular flexibility index (Phi) is 4.46. The number of aromatic nitrogens is 5. The van der Waals surface area contributed by atoms with E-state index in [0.29, 0.717) is 23.0 Å². The number of anilines is 1. The Balaban J connectivity index is 1.66. The molecule has 0 aliphatic rings. The van der Waals surface area contributed by atoms with Crippen molar-refractivity contribution in [3.63, 3.8) is 0 Å². The maximum absolute atomic E-state index is 12.3. The average molecular weight is 324 g/mol. The third-order valence-corrected chi connectivity index (χ3v) is 3.32. The van der Waals surface area contributed by atoms with Gasteiger partial charge in [-0.15, -0.1) is 5.10 Å². The Hall–Kier alpha value is -3.29. The molecule has 8 nitrogen and oxygen atoms in total. The Bertz CT molecular complexity index is 844. The fourth-order valence-electron chi connectivity index (χ4n) is 1.98. The van der Waals surface area contributed by atoms with E-state index in [2.05, 4.69) is 25.8 Å². The first-order chi connectivity index (χ1) is 11.6. The van der Waals surface area contributed by atoms with Crippen molar-refractivity contribution in [2.75, 3.05) is 5.32 Å². The molecule has 0 bridgehead atoms. The third kappa shape index (κ3) is 3.72. The van der Waals surface area contributed by atoms with Gasteiger partial charge in [0, 0.05) is 18.8 Å². The Morgan fingerprint density at radius 2 is 2.17 bits per heavy atom. The smallest absolute Gasteiger partial charge is 0.256 e. The van der Waals surface area contributed by atoms with Gasteiger partial charge in [-0.25, -0.2) is 9.67 Å². The van der Waals surface area contributed by atoms with Crippen molar-refractivity contribution in [2.45, 2.75) is 13.5 Å². The summed E-state index contributed by atoms with van der Waals surface area (Å²) in [6, 6.07) is 10.5. The van der Waals surface area contributed by atoms with Gasteiger partial charge in [0.05, 0.1) is 0 Å². The summed E-state index contributed by atoms with van der Waals surface area (Å²) in [7, 11) is 1.73. The topological polar surface area (TPSA) is 94.8 Å². The van der Waals surface area contributed by atoms with Gasteiger partial charge in [0.25, 0.3) is 5.91 Å². The van der Waals surface area contributed by atoms with Gasteiger partial charge in [-0.3, -0.25) is 4.79 Å². The number of carbonyl (C=O) groups is 1. The predicted octanol–water partition coefficient (Wildman–Crippen LogP) is 1.74. The molecule has 24 heavy (non-hydrogen) atoms. The van der Waals surface area contributed by atoms with Gasteiger partial charge in [0.15, 0.2) is 5.82 Å². The van der Waals surface area contributed by atoms with E-state index >= 15 is 0 Å². The first-order valence-electron chi connectivity index (χ1n) is 7.30. The van der Waals surface area contributed by atoms with E-state index in [1.54, 1.807) is 43.6 Å². The summed E-state index contributed by atoms with van der Waals surface area (Å²) in [4.78, 5) is 16.5. The number of hydrogen-bond acceptors (Lipinski definition) is 6. The highest BCUT2D eigenvalue weighted by molar-refractivity contribution is 6.03. The van der Waals surface area contributed by atoms with Crippen LogP contribution in [0, 0.1) is 6.92 Å². The first kappa shape index (κ1) is 15.6. The van der Waals surface area contributed by atoms with Crippen LogP contribution >= 0.6 is 0 Å². The summed E-state index contributed by atoms with van der Waals surface area (Å²) >= 11 is 0. The summed E-state index contributed by atoms with van der Waals surface area (Å²) in [5, 5.41) is 13.9. The van der Waals surface area contributed by atoms with Crippen molar-refractivity contribution < 1.29 is 9.53 Å². The van der Waals surface area contributed by atoms with E-state index in [9.17, 15) is 4.79 Å². The number of aryl methyl sites for hydroxylation is 2. The average Bonchev–Trinajstić information content (AvgIpc) is 3.00. The Morgan fingerprint density at radius 1 is 1.29 bits per heavy atom. The number of hydrogen-bond donors (Lipinski definition) is 1. The summed E-state index contributed by atoms with van der Waals surface area (Å²) in [6.45, 7) is 2.15. The number of benzene rings is 1.